The summed E-state index contributed by atoms with van der Waals surface area (Å²) in [6, 6.07) is 8.47. The number of hydrogen-bond donors (Lipinski definition) is 2. The zero-order valence-corrected chi connectivity index (χ0v) is 12.9. The van der Waals surface area contributed by atoms with Gasteiger partial charge in [-0.1, -0.05) is 45.0 Å². The van der Waals surface area contributed by atoms with Gasteiger partial charge in [0.15, 0.2) is 0 Å². The van der Waals surface area contributed by atoms with Crippen LogP contribution < -0.4 is 5.32 Å². The fourth-order valence-electron chi connectivity index (χ4n) is 2.00. The molecule has 0 aliphatic carbocycles. The van der Waals surface area contributed by atoms with Crippen LogP contribution >= 0.6 is 0 Å². The molecule has 0 bridgehead atoms. The molecule has 1 rings (SSSR count). The number of aliphatic hydroxyl groups is 1. The lowest BCUT2D eigenvalue weighted by atomic mass is 10.0. The van der Waals surface area contributed by atoms with E-state index >= 15 is 0 Å². The molecule has 20 heavy (non-hydrogen) atoms. The van der Waals surface area contributed by atoms with Gasteiger partial charge in [0, 0.05) is 13.0 Å². The standard InChI is InChI=1S/C17H27NO2/c1-4-16(19)11-12-18-17(20)10-7-14-5-8-15(9-6-14)13(2)3/h5-6,8-9,13,16,19H,4,7,10-12H2,1-3H3,(H,18,20). The molecule has 0 saturated carbocycles. The Morgan fingerprint density at radius 3 is 2.45 bits per heavy atom. The molecule has 1 aromatic rings. The summed E-state index contributed by atoms with van der Waals surface area (Å²) in [4.78, 5) is 11.7. The number of nitrogens with one attached hydrogen (secondary N) is 1. The molecular weight excluding hydrogens is 250 g/mol. The number of benzene rings is 1. The number of aliphatic hydroxyl groups excluding tert-OH is 1. The summed E-state index contributed by atoms with van der Waals surface area (Å²) >= 11 is 0. The van der Waals surface area contributed by atoms with Crippen molar-refractivity contribution in [3.63, 3.8) is 0 Å². The number of carbonyl (C=O) groups excluding carboxylic acids is 1. The lowest BCUT2D eigenvalue weighted by Gasteiger charge is -2.09. The summed E-state index contributed by atoms with van der Waals surface area (Å²) in [6.45, 7) is 6.84. The van der Waals surface area contributed by atoms with E-state index in [-0.39, 0.29) is 12.0 Å². The smallest absolute Gasteiger partial charge is 0.220 e. The molecule has 1 unspecified atom stereocenters. The van der Waals surface area contributed by atoms with Crippen molar-refractivity contribution >= 4 is 5.91 Å². The average molecular weight is 277 g/mol. The summed E-state index contributed by atoms with van der Waals surface area (Å²) in [6.07, 6.45) is 2.33. The van der Waals surface area contributed by atoms with Gasteiger partial charge in [0.25, 0.3) is 0 Å². The lowest BCUT2D eigenvalue weighted by molar-refractivity contribution is -0.121. The maximum absolute atomic E-state index is 11.7. The monoisotopic (exact) mass is 277 g/mol. The third-order valence-corrected chi connectivity index (χ3v) is 3.56. The Morgan fingerprint density at radius 2 is 1.90 bits per heavy atom. The number of aryl methyl sites for hydroxylation is 1. The minimum atomic E-state index is -0.307. The second-order valence-electron chi connectivity index (χ2n) is 5.60. The fourth-order valence-corrected chi connectivity index (χ4v) is 2.00. The van der Waals surface area contributed by atoms with Crippen molar-refractivity contribution in [1.82, 2.24) is 5.32 Å². The van der Waals surface area contributed by atoms with Gasteiger partial charge >= 0.3 is 0 Å². The van der Waals surface area contributed by atoms with E-state index in [1.807, 2.05) is 6.92 Å². The second kappa shape index (κ2) is 8.75. The molecule has 0 aliphatic heterocycles. The molecule has 0 aliphatic rings. The third kappa shape index (κ3) is 6.20. The Kier molecular flexibility index (Phi) is 7.31. The van der Waals surface area contributed by atoms with Gasteiger partial charge in [0.05, 0.1) is 6.10 Å². The van der Waals surface area contributed by atoms with Gasteiger partial charge < -0.3 is 10.4 Å². The molecule has 0 aromatic heterocycles. The van der Waals surface area contributed by atoms with Crippen LogP contribution in [0.5, 0.6) is 0 Å². The van der Waals surface area contributed by atoms with Crippen LogP contribution in [-0.4, -0.2) is 23.7 Å². The summed E-state index contributed by atoms with van der Waals surface area (Å²) in [5.74, 6) is 0.596. The molecule has 3 nitrogen and oxygen atoms in total. The van der Waals surface area contributed by atoms with E-state index in [0.29, 0.717) is 25.3 Å². The first kappa shape index (κ1) is 16.7. The van der Waals surface area contributed by atoms with Crippen LogP contribution in [0.1, 0.15) is 57.1 Å². The molecule has 3 heteroatoms. The first-order chi connectivity index (χ1) is 9.52. The number of rotatable bonds is 8. The predicted molar refractivity (Wildman–Crippen MR) is 82.8 cm³/mol. The van der Waals surface area contributed by atoms with Crippen molar-refractivity contribution in [3.05, 3.63) is 35.4 Å². The highest BCUT2D eigenvalue weighted by Gasteiger charge is 2.05. The summed E-state index contributed by atoms with van der Waals surface area (Å²) in [5.41, 5.74) is 2.52. The molecule has 1 atom stereocenters. The van der Waals surface area contributed by atoms with Crippen LogP contribution in [0.3, 0.4) is 0 Å². The van der Waals surface area contributed by atoms with Crippen LogP contribution in [0, 0.1) is 0 Å². The van der Waals surface area contributed by atoms with Crippen molar-refractivity contribution in [2.24, 2.45) is 0 Å². The molecule has 0 radical (unpaired) electrons. The Balaban J connectivity index is 2.27. The summed E-state index contributed by atoms with van der Waals surface area (Å²) < 4.78 is 0. The van der Waals surface area contributed by atoms with Crippen LogP contribution in [0.4, 0.5) is 0 Å². The maximum atomic E-state index is 11.7. The SMILES string of the molecule is CCC(O)CCNC(=O)CCc1ccc(C(C)C)cc1. The first-order valence-electron chi connectivity index (χ1n) is 7.56. The summed E-state index contributed by atoms with van der Waals surface area (Å²) in [5, 5.41) is 12.2. The van der Waals surface area contributed by atoms with Gasteiger partial charge in [-0.3, -0.25) is 4.79 Å². The highest BCUT2D eigenvalue weighted by Crippen LogP contribution is 2.15. The van der Waals surface area contributed by atoms with Crippen molar-refractivity contribution < 1.29 is 9.90 Å². The molecule has 2 N–H and O–H groups in total. The molecule has 112 valence electrons. The van der Waals surface area contributed by atoms with Crippen LogP contribution in [0.25, 0.3) is 0 Å². The predicted octanol–water partition coefficient (Wildman–Crippen LogP) is 3.02. The van der Waals surface area contributed by atoms with Gasteiger partial charge in [-0.05, 0) is 36.3 Å². The lowest BCUT2D eigenvalue weighted by Crippen LogP contribution is -2.27. The Bertz CT molecular complexity index is 398. The van der Waals surface area contributed by atoms with E-state index < -0.39 is 0 Å². The molecule has 0 spiro atoms. The third-order valence-electron chi connectivity index (χ3n) is 3.56. The van der Waals surface area contributed by atoms with Gasteiger partial charge in [-0.15, -0.1) is 0 Å². The Labute approximate surface area is 122 Å². The molecule has 1 amide bonds. The first-order valence-corrected chi connectivity index (χ1v) is 7.56. The van der Waals surface area contributed by atoms with E-state index in [9.17, 15) is 9.90 Å². The van der Waals surface area contributed by atoms with Crippen molar-refractivity contribution in [2.75, 3.05) is 6.54 Å². The second-order valence-corrected chi connectivity index (χ2v) is 5.60. The molecule has 1 aromatic carbocycles. The highest BCUT2D eigenvalue weighted by molar-refractivity contribution is 5.76. The van der Waals surface area contributed by atoms with E-state index in [1.165, 1.54) is 11.1 Å². The van der Waals surface area contributed by atoms with E-state index in [1.54, 1.807) is 0 Å². The van der Waals surface area contributed by atoms with Crippen molar-refractivity contribution in [3.8, 4) is 0 Å². The number of carbonyl (C=O) groups is 1. The largest absolute Gasteiger partial charge is 0.393 e. The fraction of sp³-hybridized carbons (Fsp3) is 0.588. The summed E-state index contributed by atoms with van der Waals surface area (Å²) in [7, 11) is 0. The van der Waals surface area contributed by atoms with Gasteiger partial charge in [0.1, 0.15) is 0 Å². The van der Waals surface area contributed by atoms with Gasteiger partial charge in [-0.2, -0.15) is 0 Å². The molecule has 0 heterocycles. The topological polar surface area (TPSA) is 49.3 Å². The van der Waals surface area contributed by atoms with Crippen LogP contribution in [0.15, 0.2) is 24.3 Å². The average Bonchev–Trinajstić information content (AvgIpc) is 2.45. The minimum absolute atomic E-state index is 0.0567. The zero-order valence-electron chi connectivity index (χ0n) is 12.9. The normalized spacial score (nSPS) is 12.4. The van der Waals surface area contributed by atoms with E-state index in [0.717, 1.165) is 12.8 Å². The molecular formula is C17H27NO2. The van der Waals surface area contributed by atoms with E-state index in [4.69, 9.17) is 0 Å². The zero-order chi connectivity index (χ0) is 15.0. The quantitative estimate of drug-likeness (QED) is 0.767. The molecule has 0 saturated heterocycles. The Morgan fingerprint density at radius 1 is 1.25 bits per heavy atom. The van der Waals surface area contributed by atoms with Gasteiger partial charge in [-0.25, -0.2) is 0 Å². The van der Waals surface area contributed by atoms with Crippen molar-refractivity contribution in [1.29, 1.82) is 0 Å². The Hall–Kier alpha value is -1.35. The minimum Gasteiger partial charge on any atom is -0.393 e. The van der Waals surface area contributed by atoms with Crippen molar-refractivity contribution in [2.45, 2.75) is 58.5 Å². The van der Waals surface area contributed by atoms with E-state index in [2.05, 4.69) is 43.4 Å². The molecule has 0 fully saturated rings. The highest BCUT2D eigenvalue weighted by atomic mass is 16.3. The maximum Gasteiger partial charge on any atom is 0.220 e. The number of hydrogen-bond acceptors (Lipinski definition) is 2. The van der Waals surface area contributed by atoms with Crippen LogP contribution in [0.2, 0.25) is 0 Å². The number of amides is 1. The van der Waals surface area contributed by atoms with Crippen LogP contribution in [-0.2, 0) is 11.2 Å². The van der Waals surface area contributed by atoms with Gasteiger partial charge in [0.2, 0.25) is 5.91 Å².